The summed E-state index contributed by atoms with van der Waals surface area (Å²) in [6.45, 7) is 1.28. The number of halogens is 1. The van der Waals surface area contributed by atoms with Crippen molar-refractivity contribution in [1.29, 1.82) is 0 Å². The Kier molecular flexibility index (Phi) is 5.73. The molecule has 0 aliphatic heterocycles. The number of anilines is 3. The van der Waals surface area contributed by atoms with E-state index in [1.54, 1.807) is 0 Å². The van der Waals surface area contributed by atoms with Crippen LogP contribution in [0.3, 0.4) is 0 Å². The number of benzene rings is 2. The third-order valence-electron chi connectivity index (χ3n) is 3.69. The first-order valence-electron chi connectivity index (χ1n) is 8.36. The van der Waals surface area contributed by atoms with E-state index in [-0.39, 0.29) is 28.5 Å². The summed E-state index contributed by atoms with van der Waals surface area (Å²) in [4.78, 5) is 24.1. The van der Waals surface area contributed by atoms with E-state index in [0.717, 1.165) is 12.3 Å². The molecule has 3 rings (SSSR count). The zero-order chi connectivity index (χ0) is 21.9. The monoisotopic (exact) mass is 433 g/mol. The summed E-state index contributed by atoms with van der Waals surface area (Å²) in [6, 6.07) is 7.85. The predicted octanol–water partition coefficient (Wildman–Crippen LogP) is 1.38. The third kappa shape index (κ3) is 5.14. The fourth-order valence-electron chi connectivity index (χ4n) is 2.52. The summed E-state index contributed by atoms with van der Waals surface area (Å²) in [6.07, 6.45) is 2.22. The van der Waals surface area contributed by atoms with E-state index in [0.29, 0.717) is 5.69 Å². The quantitative estimate of drug-likeness (QED) is 0.532. The molecule has 0 fully saturated rings. The van der Waals surface area contributed by atoms with Crippen LogP contribution in [-0.2, 0) is 14.8 Å². The van der Waals surface area contributed by atoms with Crippen molar-refractivity contribution >= 4 is 38.9 Å². The van der Waals surface area contributed by atoms with Crippen LogP contribution in [0.4, 0.5) is 21.5 Å². The summed E-state index contributed by atoms with van der Waals surface area (Å²) < 4.78 is 41.0. The van der Waals surface area contributed by atoms with Gasteiger partial charge in [-0.1, -0.05) is 0 Å². The second-order valence-electron chi connectivity index (χ2n) is 6.19. The van der Waals surface area contributed by atoms with Crippen LogP contribution in [0.1, 0.15) is 17.3 Å². The molecule has 0 bridgehead atoms. The number of nitrogens with one attached hydrogen (secondary N) is 3. The van der Waals surface area contributed by atoms with Crippen molar-refractivity contribution in [2.24, 2.45) is 0 Å². The molecule has 13 heteroatoms. The molecular formula is C17H16FN7O4S. The minimum absolute atomic E-state index is 0.0406. The molecule has 0 saturated carbocycles. The minimum atomic E-state index is -3.70. The highest BCUT2D eigenvalue weighted by Gasteiger charge is 2.18. The zero-order valence-corrected chi connectivity index (χ0v) is 16.6. The second kappa shape index (κ2) is 8.24. The van der Waals surface area contributed by atoms with Gasteiger partial charge in [0.05, 0.1) is 28.9 Å². The SMILES string of the molecule is CC(=O)Nc1ccc(NS(C)(=O)=O)c(C(=O)Nc2cc(-n3cnnn3)ccc2F)c1. The van der Waals surface area contributed by atoms with Crippen LogP contribution in [-0.4, -0.2) is 46.7 Å². The van der Waals surface area contributed by atoms with Crippen molar-refractivity contribution in [1.82, 2.24) is 20.2 Å². The third-order valence-corrected chi connectivity index (χ3v) is 4.28. The molecular weight excluding hydrogens is 417 g/mol. The number of aromatic nitrogens is 4. The standard InChI is InChI=1S/C17H16FN7O4S/c1-10(26)20-11-3-6-15(22-30(2,28)29)13(7-11)17(27)21-16-8-12(4-5-14(16)18)25-9-19-23-24-25/h3-9,22H,1-2H3,(H,20,26)(H,21,27). The van der Waals surface area contributed by atoms with E-state index in [4.69, 9.17) is 0 Å². The molecule has 1 heterocycles. The Bertz CT molecular complexity index is 1210. The zero-order valence-electron chi connectivity index (χ0n) is 15.7. The Morgan fingerprint density at radius 2 is 1.83 bits per heavy atom. The molecule has 0 saturated heterocycles. The number of rotatable bonds is 6. The lowest BCUT2D eigenvalue weighted by atomic mass is 10.1. The van der Waals surface area contributed by atoms with E-state index in [1.165, 1.54) is 48.3 Å². The lowest BCUT2D eigenvalue weighted by Crippen LogP contribution is -2.19. The van der Waals surface area contributed by atoms with Crippen molar-refractivity contribution in [3.63, 3.8) is 0 Å². The molecule has 0 unspecified atom stereocenters. The van der Waals surface area contributed by atoms with Gasteiger partial charge in [-0.15, -0.1) is 5.10 Å². The highest BCUT2D eigenvalue weighted by atomic mass is 32.2. The number of carbonyl (C=O) groups excluding carboxylic acids is 2. The molecule has 0 aliphatic carbocycles. The first-order chi connectivity index (χ1) is 14.1. The average molecular weight is 433 g/mol. The molecule has 30 heavy (non-hydrogen) atoms. The Balaban J connectivity index is 1.97. The lowest BCUT2D eigenvalue weighted by Gasteiger charge is -2.14. The van der Waals surface area contributed by atoms with Crippen LogP contribution in [0.2, 0.25) is 0 Å². The fraction of sp³-hybridized carbons (Fsp3) is 0.118. The average Bonchev–Trinajstić information content (AvgIpc) is 3.18. The maximum absolute atomic E-state index is 14.3. The molecule has 156 valence electrons. The van der Waals surface area contributed by atoms with Crippen LogP contribution in [0.5, 0.6) is 0 Å². The van der Waals surface area contributed by atoms with E-state index in [2.05, 4.69) is 30.9 Å². The first kappa shape index (κ1) is 20.9. The molecule has 11 nitrogen and oxygen atoms in total. The van der Waals surface area contributed by atoms with Crippen molar-refractivity contribution in [3.05, 3.63) is 54.1 Å². The van der Waals surface area contributed by atoms with Gasteiger partial charge in [-0.25, -0.2) is 17.5 Å². The molecule has 2 aromatic carbocycles. The first-order valence-corrected chi connectivity index (χ1v) is 10.3. The van der Waals surface area contributed by atoms with E-state index >= 15 is 0 Å². The molecule has 2 amide bonds. The highest BCUT2D eigenvalue weighted by Crippen LogP contribution is 2.25. The van der Waals surface area contributed by atoms with Crippen LogP contribution in [0.25, 0.3) is 5.69 Å². The van der Waals surface area contributed by atoms with Gasteiger partial charge in [-0.05, 0) is 46.8 Å². The smallest absolute Gasteiger partial charge is 0.257 e. The maximum Gasteiger partial charge on any atom is 0.257 e. The number of amides is 2. The molecule has 1 aromatic heterocycles. The molecule has 0 radical (unpaired) electrons. The van der Waals surface area contributed by atoms with Crippen molar-refractivity contribution in [2.75, 3.05) is 21.6 Å². The molecule has 0 aliphatic rings. The predicted molar refractivity (Wildman–Crippen MR) is 106 cm³/mol. The topological polar surface area (TPSA) is 148 Å². The second-order valence-corrected chi connectivity index (χ2v) is 7.94. The lowest BCUT2D eigenvalue weighted by molar-refractivity contribution is -0.114. The van der Waals surface area contributed by atoms with Gasteiger partial charge in [-0.2, -0.15) is 0 Å². The Morgan fingerprint density at radius 3 is 2.47 bits per heavy atom. The summed E-state index contributed by atoms with van der Waals surface area (Å²) in [5.41, 5.74) is 0.302. The van der Waals surface area contributed by atoms with Gasteiger partial charge in [0.2, 0.25) is 15.9 Å². The normalized spacial score (nSPS) is 11.0. The number of sulfonamides is 1. The van der Waals surface area contributed by atoms with Crippen LogP contribution in [0.15, 0.2) is 42.7 Å². The number of carbonyl (C=O) groups is 2. The number of hydrogen-bond donors (Lipinski definition) is 3. The summed E-state index contributed by atoms with van der Waals surface area (Å²) >= 11 is 0. The number of hydrogen-bond acceptors (Lipinski definition) is 7. The van der Waals surface area contributed by atoms with Crippen LogP contribution in [0, 0.1) is 5.82 Å². The largest absolute Gasteiger partial charge is 0.326 e. The van der Waals surface area contributed by atoms with Gasteiger partial charge in [0.1, 0.15) is 12.1 Å². The molecule has 0 spiro atoms. The highest BCUT2D eigenvalue weighted by molar-refractivity contribution is 7.92. The fourth-order valence-corrected chi connectivity index (χ4v) is 3.10. The van der Waals surface area contributed by atoms with Crippen molar-refractivity contribution in [2.45, 2.75) is 6.92 Å². The number of tetrazole rings is 1. The molecule has 3 N–H and O–H groups in total. The van der Waals surface area contributed by atoms with Crippen LogP contribution >= 0.6 is 0 Å². The maximum atomic E-state index is 14.3. The molecule has 0 atom stereocenters. The van der Waals surface area contributed by atoms with Gasteiger partial charge in [0.15, 0.2) is 0 Å². The van der Waals surface area contributed by atoms with Crippen molar-refractivity contribution in [3.8, 4) is 5.69 Å². The van der Waals surface area contributed by atoms with Crippen LogP contribution < -0.4 is 15.4 Å². The van der Waals surface area contributed by atoms with Gasteiger partial charge in [0, 0.05) is 12.6 Å². The van der Waals surface area contributed by atoms with Gasteiger partial charge in [-0.3, -0.25) is 14.3 Å². The Labute approximate surface area is 170 Å². The summed E-state index contributed by atoms with van der Waals surface area (Å²) in [5.74, 6) is -1.91. The molecule has 3 aromatic rings. The Hall–Kier alpha value is -3.87. The summed E-state index contributed by atoms with van der Waals surface area (Å²) in [7, 11) is -3.70. The Morgan fingerprint density at radius 1 is 1.07 bits per heavy atom. The van der Waals surface area contributed by atoms with Crippen molar-refractivity contribution < 1.29 is 22.4 Å². The van der Waals surface area contributed by atoms with Gasteiger partial charge < -0.3 is 10.6 Å². The minimum Gasteiger partial charge on any atom is -0.326 e. The van der Waals surface area contributed by atoms with E-state index in [1.807, 2.05) is 0 Å². The van der Waals surface area contributed by atoms with E-state index < -0.39 is 21.7 Å². The summed E-state index contributed by atoms with van der Waals surface area (Å²) in [5, 5.41) is 15.6. The van der Waals surface area contributed by atoms with Gasteiger partial charge >= 0.3 is 0 Å². The number of nitrogens with zero attached hydrogens (tertiary/aromatic N) is 4. The van der Waals surface area contributed by atoms with E-state index in [9.17, 15) is 22.4 Å². The van der Waals surface area contributed by atoms with Gasteiger partial charge in [0.25, 0.3) is 5.91 Å².